The van der Waals surface area contributed by atoms with Gasteiger partial charge in [0.2, 0.25) is 5.91 Å². The Hall–Kier alpha value is -1.27. The van der Waals surface area contributed by atoms with Crippen LogP contribution >= 0.6 is 0 Å². The van der Waals surface area contributed by atoms with Gasteiger partial charge in [-0.25, -0.2) is 0 Å². The smallest absolute Gasteiger partial charge is 0.220 e. The van der Waals surface area contributed by atoms with E-state index in [1.165, 1.54) is 385 Å². The maximum atomic E-state index is 13.4. The summed E-state index contributed by atoms with van der Waals surface area (Å²) in [5, 5.41) is 87.9. The summed E-state index contributed by atoms with van der Waals surface area (Å²) < 4.78 is 23.0. The first-order valence-corrected chi connectivity index (χ1v) is 44.9. The van der Waals surface area contributed by atoms with Crippen molar-refractivity contribution in [3.05, 3.63) is 12.2 Å². The van der Waals surface area contributed by atoms with Crippen LogP contribution in [0.5, 0.6) is 0 Å². The Bertz CT molecular complexity index is 1760. The fourth-order valence-electron chi connectivity index (χ4n) is 15.4. The molecule has 2 heterocycles. The molecule has 9 N–H and O–H groups in total. The molecule has 0 spiro atoms. The molecule has 1 amide bonds. The molecule has 12 atom stereocenters. The standard InChI is InChI=1S/C88H171NO13/c1-3-5-7-9-11-13-15-17-19-21-23-25-27-29-31-33-35-36-37-38-39-40-42-44-46-48-50-52-54-56-58-60-62-64-66-68-70-72-80(93)89-76(75-99-87-85(98)83(96)86(79(74-91)101-87)102-88-84(97)82(95)81(94)78(73-90)100-88)77(92)71-69-67-65-63-61-59-57-55-53-51-49-47-45-43-41-34-32-30-28-26-24-22-20-18-16-14-12-10-8-6-4-2/h69,71,76-79,81-88,90-92,94-98H,3-68,70,72-75H2,1-2H3,(H,89,93)/b71-69+. The van der Waals surface area contributed by atoms with E-state index >= 15 is 0 Å². The minimum absolute atomic E-state index is 0.227. The van der Waals surface area contributed by atoms with Gasteiger partial charge < -0.3 is 65.1 Å². The number of aliphatic hydroxyl groups is 8. The van der Waals surface area contributed by atoms with E-state index in [0.717, 1.165) is 44.9 Å². The Morgan fingerprint density at radius 3 is 0.902 bits per heavy atom. The van der Waals surface area contributed by atoms with Crippen molar-refractivity contribution in [3.8, 4) is 0 Å². The molecule has 0 aromatic heterocycles. The second kappa shape index (κ2) is 72.6. The molecule has 2 aliphatic rings. The van der Waals surface area contributed by atoms with Gasteiger partial charge in [-0.3, -0.25) is 4.79 Å². The number of allylic oxidation sites excluding steroid dienone is 1. The van der Waals surface area contributed by atoms with Gasteiger partial charge in [-0.1, -0.05) is 437 Å². The molecule has 14 nitrogen and oxygen atoms in total. The van der Waals surface area contributed by atoms with E-state index in [9.17, 15) is 45.6 Å². The van der Waals surface area contributed by atoms with Gasteiger partial charge in [-0.2, -0.15) is 0 Å². The zero-order valence-electron chi connectivity index (χ0n) is 66.9. The van der Waals surface area contributed by atoms with E-state index in [2.05, 4.69) is 19.2 Å². The molecule has 102 heavy (non-hydrogen) atoms. The largest absolute Gasteiger partial charge is 0.394 e. The summed E-state index contributed by atoms with van der Waals surface area (Å²) in [5.74, 6) is -0.227. The number of aliphatic hydroxyl groups excluding tert-OH is 8. The van der Waals surface area contributed by atoms with E-state index in [1.807, 2.05) is 6.08 Å². The summed E-state index contributed by atoms with van der Waals surface area (Å²) in [6.07, 6.45) is 77.7. The molecule has 14 heteroatoms. The number of carbonyl (C=O) groups excluding carboxylic acids is 1. The Kier molecular flexibility index (Phi) is 68.9. The van der Waals surface area contributed by atoms with Crippen LogP contribution in [-0.2, 0) is 23.7 Å². The van der Waals surface area contributed by atoms with Gasteiger partial charge >= 0.3 is 0 Å². The quantitative estimate of drug-likeness (QED) is 0.0204. The summed E-state index contributed by atoms with van der Waals surface area (Å²) >= 11 is 0. The number of nitrogens with one attached hydrogen (secondary N) is 1. The highest BCUT2D eigenvalue weighted by Gasteiger charge is 2.51. The van der Waals surface area contributed by atoms with E-state index in [4.69, 9.17) is 18.9 Å². The summed E-state index contributed by atoms with van der Waals surface area (Å²) in [6, 6.07) is -0.913. The minimum Gasteiger partial charge on any atom is -0.394 e. The third-order valence-corrected chi connectivity index (χ3v) is 22.5. The molecule has 0 bridgehead atoms. The zero-order valence-corrected chi connectivity index (χ0v) is 66.9. The van der Waals surface area contributed by atoms with Crippen molar-refractivity contribution >= 4 is 5.91 Å². The lowest BCUT2D eigenvalue weighted by Gasteiger charge is -2.46. The monoisotopic (exact) mass is 1450 g/mol. The Labute approximate surface area is 628 Å². The van der Waals surface area contributed by atoms with E-state index in [0.29, 0.717) is 0 Å². The second-order valence-electron chi connectivity index (χ2n) is 32.1. The third kappa shape index (κ3) is 54.3. The Morgan fingerprint density at radius 1 is 0.343 bits per heavy atom. The fourth-order valence-corrected chi connectivity index (χ4v) is 15.4. The number of amides is 1. The van der Waals surface area contributed by atoms with Gasteiger partial charge in [0.1, 0.15) is 48.8 Å². The molecular weight excluding hydrogens is 1280 g/mol. The third-order valence-electron chi connectivity index (χ3n) is 22.5. The molecule has 0 aliphatic carbocycles. The molecule has 0 aromatic carbocycles. The highest BCUT2D eigenvalue weighted by atomic mass is 16.7. The van der Waals surface area contributed by atoms with Crippen LogP contribution in [0, 0.1) is 0 Å². The van der Waals surface area contributed by atoms with Crippen molar-refractivity contribution in [3.63, 3.8) is 0 Å². The number of ether oxygens (including phenoxy) is 4. The van der Waals surface area contributed by atoms with Crippen molar-refractivity contribution in [1.82, 2.24) is 5.32 Å². The molecule has 2 saturated heterocycles. The highest BCUT2D eigenvalue weighted by Crippen LogP contribution is 2.31. The van der Waals surface area contributed by atoms with Crippen LogP contribution in [0.4, 0.5) is 0 Å². The fraction of sp³-hybridized carbons (Fsp3) is 0.966. The molecule has 0 aromatic rings. The average Bonchev–Trinajstić information content (AvgIpc) is 0.790. The van der Waals surface area contributed by atoms with Crippen LogP contribution in [0.2, 0.25) is 0 Å². The summed E-state index contributed by atoms with van der Waals surface area (Å²) in [5.41, 5.74) is 0. The van der Waals surface area contributed by atoms with E-state index in [1.54, 1.807) is 6.08 Å². The SMILES string of the molecule is CCCCCCCCCCCCCCCCCCCCCCCCCCCCCCC/C=C/C(O)C(COC1OC(CO)C(OC2OC(CO)C(O)C(O)C2O)C(O)C1O)NC(=O)CCCCCCCCCCCCCCCCCCCCCCCCCCCCCCCCCCCCCCC. The topological polar surface area (TPSA) is 228 Å². The van der Waals surface area contributed by atoms with E-state index < -0.39 is 86.8 Å². The van der Waals surface area contributed by atoms with Crippen molar-refractivity contribution in [2.75, 3.05) is 19.8 Å². The predicted molar refractivity (Wildman–Crippen MR) is 425 cm³/mol. The van der Waals surface area contributed by atoms with Gasteiger partial charge in [0, 0.05) is 6.42 Å². The first kappa shape index (κ1) is 96.8. The highest BCUT2D eigenvalue weighted by molar-refractivity contribution is 5.76. The van der Waals surface area contributed by atoms with Crippen molar-refractivity contribution in [2.45, 2.75) is 524 Å². The van der Waals surface area contributed by atoms with Crippen molar-refractivity contribution in [2.24, 2.45) is 0 Å². The second-order valence-corrected chi connectivity index (χ2v) is 32.1. The summed E-state index contributed by atoms with van der Waals surface area (Å²) in [6.45, 7) is 2.89. The number of hydrogen-bond acceptors (Lipinski definition) is 13. The number of carbonyl (C=O) groups is 1. The lowest BCUT2D eigenvalue weighted by Crippen LogP contribution is -2.65. The molecule has 606 valence electrons. The molecule has 2 aliphatic heterocycles. The zero-order chi connectivity index (χ0) is 73.7. The number of rotatable bonds is 78. The first-order valence-electron chi connectivity index (χ1n) is 44.9. The van der Waals surface area contributed by atoms with Crippen LogP contribution in [0.25, 0.3) is 0 Å². The minimum atomic E-state index is -1.79. The Balaban J connectivity index is 1.56. The first-order chi connectivity index (χ1) is 50.1. The molecule has 0 saturated carbocycles. The number of unbranched alkanes of at least 4 members (excludes halogenated alkanes) is 65. The maximum Gasteiger partial charge on any atom is 0.220 e. The van der Waals surface area contributed by atoms with E-state index in [-0.39, 0.29) is 18.9 Å². The van der Waals surface area contributed by atoms with Gasteiger partial charge in [0.05, 0.1) is 32.0 Å². The van der Waals surface area contributed by atoms with Crippen LogP contribution in [-0.4, -0.2) is 140 Å². The molecule has 0 radical (unpaired) electrons. The van der Waals surface area contributed by atoms with Crippen molar-refractivity contribution < 1.29 is 64.6 Å². The van der Waals surface area contributed by atoms with Gasteiger partial charge in [-0.15, -0.1) is 0 Å². The van der Waals surface area contributed by atoms with Gasteiger partial charge in [-0.05, 0) is 19.3 Å². The maximum absolute atomic E-state index is 13.4. The average molecular weight is 1450 g/mol. The normalized spacial score (nSPS) is 21.6. The van der Waals surface area contributed by atoms with Crippen molar-refractivity contribution in [1.29, 1.82) is 0 Å². The van der Waals surface area contributed by atoms with Gasteiger partial charge in [0.15, 0.2) is 12.6 Å². The predicted octanol–water partition coefficient (Wildman–Crippen LogP) is 21.6. The molecule has 12 unspecified atom stereocenters. The van der Waals surface area contributed by atoms with Crippen LogP contribution < -0.4 is 5.32 Å². The van der Waals surface area contributed by atoms with Crippen LogP contribution in [0.3, 0.4) is 0 Å². The summed E-state index contributed by atoms with van der Waals surface area (Å²) in [7, 11) is 0. The molecule has 2 fully saturated rings. The van der Waals surface area contributed by atoms with Crippen LogP contribution in [0.1, 0.15) is 450 Å². The molecule has 2 rings (SSSR count). The lowest BCUT2D eigenvalue weighted by molar-refractivity contribution is -0.359. The number of hydrogen-bond donors (Lipinski definition) is 9. The summed E-state index contributed by atoms with van der Waals surface area (Å²) in [4.78, 5) is 13.4. The lowest BCUT2D eigenvalue weighted by atomic mass is 9.97. The Morgan fingerprint density at radius 2 is 0.608 bits per heavy atom. The van der Waals surface area contributed by atoms with Gasteiger partial charge in [0.25, 0.3) is 0 Å². The van der Waals surface area contributed by atoms with Crippen LogP contribution in [0.15, 0.2) is 12.2 Å². The molecular formula is C88H171NO13.